The molecule has 1 fully saturated rings. The van der Waals surface area contributed by atoms with Crippen molar-refractivity contribution in [2.24, 2.45) is 0 Å². The van der Waals surface area contributed by atoms with Crippen molar-refractivity contribution < 1.29 is 15.0 Å². The standard InChI is InChI=1S/C30H35N7O3/c1-17(2)37-24-12-23(18(3)11-20(24)14-33-37)34-28-31-15-22(27(38)32-16-30(40)9-10-30)26(36-28)35-25-21-8-6-5-7-19(21)13-29(25,4)39/h5-8,11-12,14-15,17,25,39-40H,9-10,13,16H2,1-4H3,(H,32,38)(H2,31,34,35,36)/t25-,29-/m0/s1. The van der Waals surface area contributed by atoms with Gasteiger partial charge in [0.15, 0.2) is 0 Å². The molecule has 2 aromatic heterocycles. The Labute approximate surface area is 232 Å². The summed E-state index contributed by atoms with van der Waals surface area (Å²) in [6.45, 7) is 8.12. The summed E-state index contributed by atoms with van der Waals surface area (Å²) in [7, 11) is 0. The number of anilines is 3. The fourth-order valence-corrected chi connectivity index (χ4v) is 5.42. The van der Waals surface area contributed by atoms with Crippen LogP contribution in [0.3, 0.4) is 0 Å². The smallest absolute Gasteiger partial charge is 0.256 e. The summed E-state index contributed by atoms with van der Waals surface area (Å²) in [6, 6.07) is 11.7. The van der Waals surface area contributed by atoms with Gasteiger partial charge in [0.25, 0.3) is 5.91 Å². The second kappa shape index (κ2) is 9.57. The zero-order chi connectivity index (χ0) is 28.2. The van der Waals surface area contributed by atoms with Gasteiger partial charge >= 0.3 is 0 Å². The van der Waals surface area contributed by atoms with Crippen molar-refractivity contribution >= 4 is 34.3 Å². The van der Waals surface area contributed by atoms with Crippen LogP contribution in [0.25, 0.3) is 10.9 Å². The minimum atomic E-state index is -1.09. The number of nitrogens with zero attached hydrogens (tertiary/aromatic N) is 4. The molecule has 1 amide bonds. The maximum absolute atomic E-state index is 13.2. The highest BCUT2D eigenvalue weighted by atomic mass is 16.3. The Balaban J connectivity index is 1.35. The fourth-order valence-electron chi connectivity index (χ4n) is 5.42. The molecule has 0 aliphatic heterocycles. The number of nitrogens with one attached hydrogen (secondary N) is 3. The number of carbonyl (C=O) groups is 1. The molecule has 0 saturated heterocycles. The fraction of sp³-hybridized carbons (Fsp3) is 0.400. The van der Waals surface area contributed by atoms with Gasteiger partial charge in [-0.15, -0.1) is 0 Å². The molecule has 6 rings (SSSR count). The summed E-state index contributed by atoms with van der Waals surface area (Å²) in [5.41, 5.74) is 3.14. The molecular weight excluding hydrogens is 506 g/mol. The van der Waals surface area contributed by atoms with Crippen molar-refractivity contribution in [2.75, 3.05) is 17.2 Å². The summed E-state index contributed by atoms with van der Waals surface area (Å²) < 4.78 is 1.97. The Morgan fingerprint density at radius 2 is 1.95 bits per heavy atom. The molecule has 5 N–H and O–H groups in total. The van der Waals surface area contributed by atoms with Crippen LogP contribution in [0.1, 0.15) is 72.7 Å². The molecule has 0 radical (unpaired) electrons. The molecule has 40 heavy (non-hydrogen) atoms. The summed E-state index contributed by atoms with van der Waals surface area (Å²) in [4.78, 5) is 22.4. The first-order valence-corrected chi connectivity index (χ1v) is 13.7. The lowest BCUT2D eigenvalue weighted by molar-refractivity contribution is 0.0514. The molecule has 10 heteroatoms. The van der Waals surface area contributed by atoms with Crippen LogP contribution >= 0.6 is 0 Å². The van der Waals surface area contributed by atoms with Crippen LogP contribution in [-0.4, -0.2) is 53.6 Å². The normalized spacial score (nSPS) is 20.9. The molecule has 0 spiro atoms. The molecule has 2 aromatic carbocycles. The lowest BCUT2D eigenvalue weighted by atomic mass is 9.97. The molecule has 4 aromatic rings. The van der Waals surface area contributed by atoms with Crippen molar-refractivity contribution in [3.8, 4) is 0 Å². The first-order valence-electron chi connectivity index (χ1n) is 13.7. The van der Waals surface area contributed by atoms with Gasteiger partial charge in [-0.25, -0.2) is 4.98 Å². The van der Waals surface area contributed by atoms with Gasteiger partial charge in [-0.05, 0) is 69.4 Å². The van der Waals surface area contributed by atoms with Crippen molar-refractivity contribution in [1.82, 2.24) is 25.1 Å². The lowest BCUT2D eigenvalue weighted by Crippen LogP contribution is -2.36. The molecule has 0 bridgehead atoms. The number of hydrogen-bond donors (Lipinski definition) is 5. The quantitative estimate of drug-likeness (QED) is 0.224. The van der Waals surface area contributed by atoms with E-state index in [0.29, 0.717) is 31.0 Å². The van der Waals surface area contributed by atoms with Crippen molar-refractivity contribution in [1.29, 1.82) is 0 Å². The predicted molar refractivity (Wildman–Crippen MR) is 154 cm³/mol. The molecule has 10 nitrogen and oxygen atoms in total. The van der Waals surface area contributed by atoms with Crippen LogP contribution in [0, 0.1) is 6.92 Å². The first-order chi connectivity index (χ1) is 19.0. The Morgan fingerprint density at radius 1 is 1.18 bits per heavy atom. The van der Waals surface area contributed by atoms with E-state index in [0.717, 1.165) is 33.3 Å². The summed E-state index contributed by atoms with van der Waals surface area (Å²) >= 11 is 0. The van der Waals surface area contributed by atoms with E-state index < -0.39 is 23.2 Å². The van der Waals surface area contributed by atoms with Crippen LogP contribution in [0.15, 0.2) is 48.8 Å². The van der Waals surface area contributed by atoms with Gasteiger partial charge in [0.2, 0.25) is 5.95 Å². The molecule has 2 heterocycles. The van der Waals surface area contributed by atoms with E-state index in [1.165, 1.54) is 6.20 Å². The van der Waals surface area contributed by atoms with Gasteiger partial charge in [0.1, 0.15) is 11.4 Å². The highest BCUT2D eigenvalue weighted by molar-refractivity contribution is 5.99. The maximum atomic E-state index is 13.2. The summed E-state index contributed by atoms with van der Waals surface area (Å²) in [5.74, 6) is 0.216. The van der Waals surface area contributed by atoms with Gasteiger partial charge in [0, 0.05) is 36.3 Å². The maximum Gasteiger partial charge on any atom is 0.256 e. The third kappa shape index (κ3) is 4.89. The Bertz CT molecular complexity index is 1610. The summed E-state index contributed by atoms with van der Waals surface area (Å²) in [5, 5.41) is 36.6. The van der Waals surface area contributed by atoms with Crippen LogP contribution in [-0.2, 0) is 6.42 Å². The summed E-state index contributed by atoms with van der Waals surface area (Å²) in [6.07, 6.45) is 5.15. The average Bonchev–Trinajstić information content (AvgIpc) is 3.41. The molecule has 1 saturated carbocycles. The third-order valence-electron chi connectivity index (χ3n) is 7.93. The number of hydrogen-bond acceptors (Lipinski definition) is 8. The van der Waals surface area contributed by atoms with E-state index in [-0.39, 0.29) is 18.2 Å². The van der Waals surface area contributed by atoms with Gasteiger partial charge in [-0.1, -0.05) is 24.3 Å². The Hall–Kier alpha value is -4.02. The molecule has 0 unspecified atom stereocenters. The van der Waals surface area contributed by atoms with Crippen LogP contribution in [0.4, 0.5) is 17.5 Å². The highest BCUT2D eigenvalue weighted by Crippen LogP contribution is 2.41. The second-order valence-corrected chi connectivity index (χ2v) is 11.7. The van der Waals surface area contributed by atoms with E-state index in [2.05, 4.69) is 45.9 Å². The van der Waals surface area contributed by atoms with Gasteiger partial charge in [-0.2, -0.15) is 10.1 Å². The van der Waals surface area contributed by atoms with Crippen molar-refractivity contribution in [3.05, 3.63) is 71.0 Å². The number of rotatable bonds is 8. The Morgan fingerprint density at radius 3 is 2.70 bits per heavy atom. The lowest BCUT2D eigenvalue weighted by Gasteiger charge is -2.28. The number of aliphatic hydroxyl groups is 2. The largest absolute Gasteiger partial charge is 0.388 e. The van der Waals surface area contributed by atoms with E-state index in [1.54, 1.807) is 6.92 Å². The second-order valence-electron chi connectivity index (χ2n) is 11.7. The van der Waals surface area contributed by atoms with Gasteiger partial charge in [0.05, 0.1) is 29.0 Å². The van der Waals surface area contributed by atoms with E-state index >= 15 is 0 Å². The zero-order valence-corrected chi connectivity index (χ0v) is 23.2. The number of carbonyl (C=O) groups excluding carboxylic acids is 1. The average molecular weight is 542 g/mol. The monoisotopic (exact) mass is 541 g/mol. The molecule has 2 aliphatic rings. The number of fused-ring (bicyclic) bond motifs is 2. The minimum Gasteiger partial charge on any atom is -0.388 e. The first kappa shape index (κ1) is 26.2. The topological polar surface area (TPSA) is 137 Å². The minimum absolute atomic E-state index is 0.165. The third-order valence-corrected chi connectivity index (χ3v) is 7.93. The number of benzene rings is 2. The molecular formula is C30H35N7O3. The number of aromatic nitrogens is 4. The highest BCUT2D eigenvalue weighted by Gasteiger charge is 2.42. The Kier molecular flexibility index (Phi) is 6.27. The predicted octanol–water partition coefficient (Wildman–Crippen LogP) is 4.17. The van der Waals surface area contributed by atoms with Gasteiger partial charge in [-0.3, -0.25) is 9.48 Å². The zero-order valence-electron chi connectivity index (χ0n) is 23.2. The number of aryl methyl sites for hydroxylation is 1. The van der Waals surface area contributed by atoms with Crippen LogP contribution in [0.2, 0.25) is 0 Å². The van der Waals surface area contributed by atoms with Crippen LogP contribution < -0.4 is 16.0 Å². The van der Waals surface area contributed by atoms with Crippen LogP contribution in [0.5, 0.6) is 0 Å². The van der Waals surface area contributed by atoms with Crippen molar-refractivity contribution in [3.63, 3.8) is 0 Å². The van der Waals surface area contributed by atoms with Crippen molar-refractivity contribution in [2.45, 2.75) is 70.2 Å². The molecule has 208 valence electrons. The van der Waals surface area contributed by atoms with E-state index in [1.807, 2.05) is 48.1 Å². The SMILES string of the molecule is Cc1cc2cnn(C(C)C)c2cc1Nc1ncc(C(=O)NCC2(O)CC2)c(N[C@H]2c3ccccc3C[C@]2(C)O)n1. The molecule has 2 atom stereocenters. The van der Waals surface area contributed by atoms with E-state index in [9.17, 15) is 15.0 Å². The van der Waals surface area contributed by atoms with E-state index in [4.69, 9.17) is 4.98 Å². The number of amides is 1. The molecule has 2 aliphatic carbocycles. The van der Waals surface area contributed by atoms with Gasteiger partial charge < -0.3 is 26.2 Å².